The average molecular weight is 421 g/mol. The van der Waals surface area contributed by atoms with Crippen LogP contribution in [-0.2, 0) is 10.0 Å². The van der Waals surface area contributed by atoms with Crippen LogP contribution in [0.15, 0.2) is 66.1 Å². The number of halogens is 1. The van der Waals surface area contributed by atoms with E-state index in [9.17, 15) is 13.2 Å². The number of hydrogen-bond acceptors (Lipinski definition) is 3. The second-order valence-electron chi connectivity index (χ2n) is 6.41. The second-order valence-corrected chi connectivity index (χ2v) is 8.71. The molecule has 0 heterocycles. The Morgan fingerprint density at radius 3 is 2.46 bits per heavy atom. The highest BCUT2D eigenvalue weighted by atomic mass is 35.5. The minimum atomic E-state index is -3.88. The first-order chi connectivity index (χ1) is 13.3. The lowest BCUT2D eigenvalue weighted by Gasteiger charge is -2.24. The summed E-state index contributed by atoms with van der Waals surface area (Å²) in [6.45, 7) is 6.43. The van der Waals surface area contributed by atoms with Crippen LogP contribution in [0.5, 0.6) is 0 Å². The molecule has 0 spiro atoms. The van der Waals surface area contributed by atoms with Crippen molar-refractivity contribution >= 4 is 33.2 Å². The summed E-state index contributed by atoms with van der Waals surface area (Å²) < 4.78 is 27.7. The molecular weight excluding hydrogens is 396 g/mol. The topological polar surface area (TPSA) is 57.7 Å². The van der Waals surface area contributed by atoms with E-state index in [1.807, 2.05) is 0 Å². The van der Waals surface area contributed by atoms with E-state index in [-0.39, 0.29) is 17.3 Å². The average Bonchev–Trinajstić information content (AvgIpc) is 2.70. The Kier molecular flexibility index (Phi) is 7.66. The van der Waals surface area contributed by atoms with Gasteiger partial charge in [-0.05, 0) is 48.9 Å². The molecule has 150 valence electrons. The number of unbranched alkanes of at least 4 members (excludes halogenated alkanes) is 1. The Balaban J connectivity index is 2.39. The Labute approximate surface area is 172 Å². The SMILES string of the molecule is C=CCN(c1ccc(Cl)cc1)S(=O)(=O)c1cccc(C(=O)N(C)CCCC)c1. The van der Waals surface area contributed by atoms with Gasteiger partial charge in [-0.1, -0.05) is 37.1 Å². The molecule has 0 aliphatic carbocycles. The van der Waals surface area contributed by atoms with Crippen LogP contribution in [0, 0.1) is 0 Å². The van der Waals surface area contributed by atoms with Crippen molar-refractivity contribution in [2.45, 2.75) is 24.7 Å². The van der Waals surface area contributed by atoms with E-state index in [0.717, 1.165) is 12.8 Å². The van der Waals surface area contributed by atoms with E-state index in [0.29, 0.717) is 22.8 Å². The van der Waals surface area contributed by atoms with Gasteiger partial charge in [-0.15, -0.1) is 6.58 Å². The molecule has 0 fully saturated rings. The third kappa shape index (κ3) is 5.14. The summed E-state index contributed by atoms with van der Waals surface area (Å²) in [7, 11) is -2.16. The van der Waals surface area contributed by atoms with E-state index in [1.165, 1.54) is 22.5 Å². The molecule has 2 aromatic rings. The van der Waals surface area contributed by atoms with Crippen LogP contribution < -0.4 is 4.31 Å². The quantitative estimate of drug-likeness (QED) is 0.557. The highest BCUT2D eigenvalue weighted by molar-refractivity contribution is 7.92. The van der Waals surface area contributed by atoms with Gasteiger partial charge in [0.25, 0.3) is 15.9 Å². The lowest BCUT2D eigenvalue weighted by molar-refractivity contribution is 0.0793. The molecule has 0 saturated carbocycles. The molecule has 0 aliphatic rings. The summed E-state index contributed by atoms with van der Waals surface area (Å²) in [5.41, 5.74) is 0.815. The Morgan fingerprint density at radius 1 is 1.18 bits per heavy atom. The molecule has 0 saturated heterocycles. The number of benzene rings is 2. The number of rotatable bonds is 9. The molecule has 0 aliphatic heterocycles. The van der Waals surface area contributed by atoms with Gasteiger partial charge in [0.15, 0.2) is 0 Å². The fourth-order valence-electron chi connectivity index (χ4n) is 2.70. The van der Waals surface area contributed by atoms with Crippen LogP contribution in [0.25, 0.3) is 0 Å². The number of hydrogen-bond donors (Lipinski definition) is 0. The van der Waals surface area contributed by atoms with Crippen molar-refractivity contribution in [2.24, 2.45) is 0 Å². The first-order valence-electron chi connectivity index (χ1n) is 9.06. The van der Waals surface area contributed by atoms with Crippen LogP contribution in [0.3, 0.4) is 0 Å². The van der Waals surface area contributed by atoms with Crippen molar-refractivity contribution in [3.8, 4) is 0 Å². The van der Waals surface area contributed by atoms with Gasteiger partial charge in [0.1, 0.15) is 0 Å². The smallest absolute Gasteiger partial charge is 0.264 e. The summed E-state index contributed by atoms with van der Waals surface area (Å²) in [4.78, 5) is 14.3. The second kappa shape index (κ2) is 9.75. The Morgan fingerprint density at radius 2 is 1.86 bits per heavy atom. The zero-order valence-corrected chi connectivity index (χ0v) is 17.7. The lowest BCUT2D eigenvalue weighted by Crippen LogP contribution is -2.32. The summed E-state index contributed by atoms with van der Waals surface area (Å²) in [6, 6.07) is 12.7. The zero-order chi connectivity index (χ0) is 20.7. The van der Waals surface area contributed by atoms with Crippen molar-refractivity contribution in [2.75, 3.05) is 24.4 Å². The molecule has 2 aromatic carbocycles. The van der Waals surface area contributed by atoms with Gasteiger partial charge in [-0.25, -0.2) is 8.42 Å². The summed E-state index contributed by atoms with van der Waals surface area (Å²) >= 11 is 5.92. The van der Waals surface area contributed by atoms with E-state index in [4.69, 9.17) is 11.6 Å². The van der Waals surface area contributed by atoms with Crippen molar-refractivity contribution in [1.29, 1.82) is 0 Å². The predicted molar refractivity (Wildman–Crippen MR) is 114 cm³/mol. The van der Waals surface area contributed by atoms with Crippen molar-refractivity contribution in [3.05, 3.63) is 71.8 Å². The lowest BCUT2D eigenvalue weighted by atomic mass is 10.2. The van der Waals surface area contributed by atoms with Crippen LogP contribution in [0.4, 0.5) is 5.69 Å². The molecule has 0 unspecified atom stereocenters. The molecular formula is C21H25ClN2O3S. The van der Waals surface area contributed by atoms with Gasteiger partial charge in [-0.2, -0.15) is 0 Å². The maximum atomic E-state index is 13.2. The molecule has 0 aromatic heterocycles. The molecule has 0 bridgehead atoms. The maximum Gasteiger partial charge on any atom is 0.264 e. The highest BCUT2D eigenvalue weighted by Gasteiger charge is 2.25. The third-order valence-corrected chi connectivity index (χ3v) is 6.31. The maximum absolute atomic E-state index is 13.2. The number of amides is 1. The van der Waals surface area contributed by atoms with Crippen molar-refractivity contribution in [3.63, 3.8) is 0 Å². The highest BCUT2D eigenvalue weighted by Crippen LogP contribution is 2.26. The van der Waals surface area contributed by atoms with Gasteiger partial charge in [0.2, 0.25) is 0 Å². The summed E-state index contributed by atoms with van der Waals surface area (Å²) in [5, 5.41) is 0.516. The molecule has 1 amide bonds. The van der Waals surface area contributed by atoms with E-state index >= 15 is 0 Å². The standard InChI is InChI=1S/C21H25ClN2O3S/c1-4-6-15-23(3)21(25)17-8-7-9-20(16-17)28(26,27)24(14-5-2)19-12-10-18(22)11-13-19/h5,7-13,16H,2,4,6,14-15H2,1,3H3. The fourth-order valence-corrected chi connectivity index (χ4v) is 4.31. The van der Waals surface area contributed by atoms with E-state index in [2.05, 4.69) is 13.5 Å². The number of sulfonamides is 1. The van der Waals surface area contributed by atoms with Crippen LogP contribution >= 0.6 is 11.6 Å². The van der Waals surface area contributed by atoms with Crippen LogP contribution in [0.1, 0.15) is 30.1 Å². The summed E-state index contributed by atoms with van der Waals surface area (Å²) in [6.07, 6.45) is 3.38. The third-order valence-electron chi connectivity index (χ3n) is 4.27. The van der Waals surface area contributed by atoms with Crippen LogP contribution in [0.2, 0.25) is 5.02 Å². The minimum absolute atomic E-state index is 0.0547. The van der Waals surface area contributed by atoms with Gasteiger partial charge in [0, 0.05) is 24.2 Å². The molecule has 2 rings (SSSR count). The number of anilines is 1. The number of carbonyl (C=O) groups is 1. The van der Waals surface area contributed by atoms with Gasteiger partial charge >= 0.3 is 0 Å². The first kappa shape index (κ1) is 22.0. The zero-order valence-electron chi connectivity index (χ0n) is 16.1. The molecule has 7 heteroatoms. The van der Waals surface area contributed by atoms with Gasteiger partial charge in [-0.3, -0.25) is 9.10 Å². The monoisotopic (exact) mass is 420 g/mol. The Bertz CT molecular complexity index is 927. The van der Waals surface area contributed by atoms with Crippen molar-refractivity contribution < 1.29 is 13.2 Å². The minimum Gasteiger partial charge on any atom is -0.342 e. The van der Waals surface area contributed by atoms with E-state index < -0.39 is 10.0 Å². The predicted octanol–water partition coefficient (Wildman–Crippen LogP) is 4.59. The summed E-state index contributed by atoms with van der Waals surface area (Å²) in [5.74, 6) is -0.202. The normalized spacial score (nSPS) is 11.1. The Hall–Kier alpha value is -2.31. The fraction of sp³-hybridized carbons (Fsp3) is 0.286. The molecule has 5 nitrogen and oxygen atoms in total. The van der Waals surface area contributed by atoms with Gasteiger partial charge < -0.3 is 4.90 Å². The first-order valence-corrected chi connectivity index (χ1v) is 10.9. The molecule has 0 atom stereocenters. The molecule has 0 N–H and O–H groups in total. The van der Waals surface area contributed by atoms with Crippen molar-refractivity contribution in [1.82, 2.24) is 4.90 Å². The molecule has 0 radical (unpaired) electrons. The number of nitrogens with zero attached hydrogens (tertiary/aromatic N) is 2. The molecule has 28 heavy (non-hydrogen) atoms. The van der Waals surface area contributed by atoms with Crippen LogP contribution in [-0.4, -0.2) is 39.4 Å². The largest absolute Gasteiger partial charge is 0.342 e. The number of carbonyl (C=O) groups excluding carboxylic acids is 1. The van der Waals surface area contributed by atoms with Gasteiger partial charge in [0.05, 0.1) is 17.1 Å². The van der Waals surface area contributed by atoms with E-state index in [1.54, 1.807) is 48.3 Å².